The lowest BCUT2D eigenvalue weighted by atomic mass is 9.49. The van der Waals surface area contributed by atoms with Crippen LogP contribution in [0.2, 0.25) is 0 Å². The number of pyridine rings is 1. The average molecular weight is 407 g/mol. The third kappa shape index (κ3) is 4.19. The summed E-state index contributed by atoms with van der Waals surface area (Å²) in [5, 5.41) is 13.3. The number of anilines is 3. The van der Waals surface area contributed by atoms with Gasteiger partial charge in [0, 0.05) is 18.7 Å². The molecule has 0 bridgehead atoms. The minimum atomic E-state index is -0.989. The Labute approximate surface area is 175 Å². The number of amides is 1. The lowest BCUT2D eigenvalue weighted by molar-refractivity contribution is 0.0949. The third-order valence-electron chi connectivity index (χ3n) is 4.48. The number of ether oxygens (including phenoxy) is 1. The van der Waals surface area contributed by atoms with E-state index in [9.17, 15) is 9.18 Å². The second-order valence-electron chi connectivity index (χ2n) is 8.21. The van der Waals surface area contributed by atoms with Crippen LogP contribution in [0.25, 0.3) is 5.65 Å². The molecule has 0 aromatic carbocycles. The van der Waals surface area contributed by atoms with Crippen LogP contribution in [0.15, 0.2) is 30.6 Å². The van der Waals surface area contributed by atoms with Crippen LogP contribution in [0, 0.1) is 0 Å². The molecule has 1 saturated carbocycles. The van der Waals surface area contributed by atoms with Gasteiger partial charge in [0.25, 0.3) is 5.91 Å². The molecule has 1 amide bonds. The van der Waals surface area contributed by atoms with Gasteiger partial charge in [0.05, 0.1) is 19.3 Å². The van der Waals surface area contributed by atoms with E-state index >= 15 is 0 Å². The third-order valence-corrected chi connectivity index (χ3v) is 4.48. The Bertz CT molecular complexity index is 1100. The first-order valence-corrected chi connectivity index (χ1v) is 9.63. The fourth-order valence-electron chi connectivity index (χ4n) is 3.01. The molecule has 2 unspecified atom stereocenters. The highest BCUT2D eigenvalue weighted by atomic mass is 19.1. The fourth-order valence-corrected chi connectivity index (χ4v) is 3.01. The van der Waals surface area contributed by atoms with Crippen LogP contribution >= 0.6 is 0 Å². The molecule has 9 nitrogen and oxygen atoms in total. The molecule has 13 heteroatoms. The zero-order chi connectivity index (χ0) is 21.5. The van der Waals surface area contributed by atoms with E-state index < -0.39 is 18.1 Å². The molecule has 3 heterocycles. The van der Waals surface area contributed by atoms with Gasteiger partial charge in [-0.15, -0.1) is 0 Å². The summed E-state index contributed by atoms with van der Waals surface area (Å²) >= 11 is 0. The normalized spacial score (nSPS) is 18.1. The zero-order valence-corrected chi connectivity index (χ0v) is 17.2. The first-order valence-electron chi connectivity index (χ1n) is 9.63. The predicted octanol–water partition coefficient (Wildman–Crippen LogP) is -1.36. The largest absolute Gasteiger partial charge is 0.480 e. The monoisotopic (exact) mass is 407 g/mol. The van der Waals surface area contributed by atoms with Gasteiger partial charge in [0.2, 0.25) is 5.88 Å². The Balaban J connectivity index is 1.75. The zero-order valence-electron chi connectivity index (χ0n) is 17.2. The van der Waals surface area contributed by atoms with Crippen molar-refractivity contribution in [2.45, 2.75) is 23.9 Å². The Hall–Kier alpha value is -3.24. The molecular weight excluding hydrogens is 386 g/mol. The van der Waals surface area contributed by atoms with Gasteiger partial charge in [-0.25, -0.2) is 14.4 Å². The number of hydrogen-bond donors (Lipinski definition) is 3. The number of aromatic nitrogens is 4. The molecule has 0 aliphatic heterocycles. The summed E-state index contributed by atoms with van der Waals surface area (Å²) in [7, 11) is 7.58. The van der Waals surface area contributed by atoms with Crippen LogP contribution in [0.1, 0.15) is 16.8 Å². The maximum absolute atomic E-state index is 13.2. The van der Waals surface area contributed by atoms with E-state index in [-0.39, 0.29) is 10.8 Å². The Morgan fingerprint density at radius 2 is 2.17 bits per heavy atom. The molecule has 152 valence electrons. The standard InChI is InChI=1S/C17H21B3FN7O2/c1-30-16-10(3-2-4-22-16)24-12-6-13(27-17(18,19)20)28-14(26-12)8(7-23-28)15(29)25-11-5-9(11)21/h2-4,6-7,9,11,27H,5,18-20H2,1H3,(H,24,26)(H,25,29). The molecule has 0 spiro atoms. The number of hydrogen-bond acceptors (Lipinski definition) is 7. The van der Waals surface area contributed by atoms with Crippen LogP contribution in [0.4, 0.5) is 21.7 Å². The van der Waals surface area contributed by atoms with Crippen molar-refractivity contribution in [3.63, 3.8) is 0 Å². The fraction of sp³-hybridized carbons (Fsp3) is 0.294. The second kappa shape index (κ2) is 7.54. The minimum Gasteiger partial charge on any atom is -0.480 e. The molecule has 1 aliphatic rings. The van der Waals surface area contributed by atoms with Crippen molar-refractivity contribution in [3.8, 4) is 5.88 Å². The minimum absolute atomic E-state index is 0.263. The second-order valence-corrected chi connectivity index (χ2v) is 8.21. The van der Waals surface area contributed by atoms with Gasteiger partial charge < -0.3 is 20.7 Å². The molecule has 3 aromatic heterocycles. The van der Waals surface area contributed by atoms with E-state index in [1.165, 1.54) is 13.3 Å². The van der Waals surface area contributed by atoms with E-state index in [1.54, 1.807) is 22.8 Å². The number of carbonyl (C=O) groups excluding carboxylic acids is 1. The van der Waals surface area contributed by atoms with E-state index in [0.29, 0.717) is 35.3 Å². The van der Waals surface area contributed by atoms with E-state index in [1.807, 2.05) is 29.6 Å². The van der Waals surface area contributed by atoms with Gasteiger partial charge in [-0.2, -0.15) is 9.61 Å². The summed E-state index contributed by atoms with van der Waals surface area (Å²) in [6, 6.07) is 4.93. The molecule has 1 aliphatic carbocycles. The van der Waals surface area contributed by atoms with Crippen LogP contribution in [0.5, 0.6) is 5.88 Å². The molecule has 0 radical (unpaired) electrons. The summed E-state index contributed by atoms with van der Waals surface area (Å²) in [6.07, 6.45) is 2.42. The van der Waals surface area contributed by atoms with Crippen molar-refractivity contribution in [1.82, 2.24) is 24.9 Å². The highest BCUT2D eigenvalue weighted by molar-refractivity contribution is 6.60. The van der Waals surface area contributed by atoms with Crippen molar-refractivity contribution in [1.29, 1.82) is 0 Å². The average Bonchev–Trinajstić information content (AvgIpc) is 3.19. The van der Waals surface area contributed by atoms with Gasteiger partial charge in [-0.1, -0.05) is 0 Å². The van der Waals surface area contributed by atoms with Gasteiger partial charge in [-0.05, 0) is 17.4 Å². The van der Waals surface area contributed by atoms with Crippen LogP contribution in [0.3, 0.4) is 0 Å². The Morgan fingerprint density at radius 3 is 2.83 bits per heavy atom. The van der Waals surface area contributed by atoms with Crippen molar-refractivity contribution >= 4 is 52.4 Å². The number of alkyl halides is 1. The summed E-state index contributed by atoms with van der Waals surface area (Å²) in [5.74, 6) is 1.13. The number of halogens is 1. The smallest absolute Gasteiger partial charge is 0.257 e. The van der Waals surface area contributed by atoms with Crippen molar-refractivity contribution in [3.05, 3.63) is 36.2 Å². The summed E-state index contributed by atoms with van der Waals surface area (Å²) in [4.78, 5) is 21.4. The van der Waals surface area contributed by atoms with Crippen molar-refractivity contribution in [2.24, 2.45) is 0 Å². The van der Waals surface area contributed by atoms with Crippen LogP contribution < -0.4 is 20.7 Å². The number of carbonyl (C=O) groups is 1. The molecule has 3 N–H and O–H groups in total. The van der Waals surface area contributed by atoms with Gasteiger partial charge in [0.15, 0.2) is 5.65 Å². The van der Waals surface area contributed by atoms with Crippen LogP contribution in [-0.4, -0.2) is 73.6 Å². The lowest BCUT2D eigenvalue weighted by Crippen LogP contribution is -2.40. The molecular formula is C17H21B3FN7O2. The SMILES string of the molecule is BC(B)(B)Nc1cc(Nc2cccnc2OC)nc2c(C(=O)NC3CC3F)cnn12. The first kappa shape index (κ1) is 20.1. The topological polar surface area (TPSA) is 105 Å². The van der Waals surface area contributed by atoms with Gasteiger partial charge in [0.1, 0.15) is 52.6 Å². The van der Waals surface area contributed by atoms with E-state index in [2.05, 4.69) is 31.0 Å². The number of nitrogens with zero attached hydrogens (tertiary/aromatic N) is 4. The number of fused-ring (bicyclic) bond motifs is 1. The number of methoxy groups -OCH3 is 1. The van der Waals surface area contributed by atoms with E-state index in [0.717, 1.165) is 0 Å². The lowest BCUT2D eigenvalue weighted by Gasteiger charge is -2.23. The molecule has 1 fully saturated rings. The molecule has 3 aromatic rings. The summed E-state index contributed by atoms with van der Waals surface area (Å²) < 4.78 is 20.1. The van der Waals surface area contributed by atoms with Crippen molar-refractivity contribution in [2.75, 3.05) is 17.7 Å². The Morgan fingerprint density at radius 1 is 1.40 bits per heavy atom. The van der Waals surface area contributed by atoms with Crippen molar-refractivity contribution < 1.29 is 13.9 Å². The Kier molecular flexibility index (Phi) is 5.04. The van der Waals surface area contributed by atoms with Gasteiger partial charge >= 0.3 is 0 Å². The predicted molar refractivity (Wildman–Crippen MR) is 120 cm³/mol. The quantitative estimate of drug-likeness (QED) is 0.416. The number of rotatable bonds is 7. The van der Waals surface area contributed by atoms with E-state index in [4.69, 9.17) is 4.74 Å². The van der Waals surface area contributed by atoms with Gasteiger partial charge in [-0.3, -0.25) is 4.79 Å². The van der Waals surface area contributed by atoms with Crippen LogP contribution in [-0.2, 0) is 0 Å². The number of nitrogens with one attached hydrogen (secondary N) is 3. The highest BCUT2D eigenvalue weighted by Crippen LogP contribution is 2.28. The summed E-state index contributed by atoms with van der Waals surface area (Å²) in [6.45, 7) is 0. The molecule has 4 rings (SSSR count). The first-order chi connectivity index (χ1) is 14.2. The molecule has 30 heavy (non-hydrogen) atoms. The maximum atomic E-state index is 13.2. The maximum Gasteiger partial charge on any atom is 0.257 e. The molecule has 0 saturated heterocycles. The molecule has 2 atom stereocenters. The summed E-state index contributed by atoms with van der Waals surface area (Å²) in [5.41, 5.74) is 1.25. The highest BCUT2D eigenvalue weighted by Gasteiger charge is 2.39.